The predicted molar refractivity (Wildman–Crippen MR) is 64.7 cm³/mol. The van der Waals surface area contributed by atoms with E-state index in [0.717, 1.165) is 0 Å². The molecule has 0 radical (unpaired) electrons. The molecule has 0 unspecified atom stereocenters. The Bertz CT molecular complexity index is 395. The largest absolute Gasteiger partial charge is 0.493 e. The van der Waals surface area contributed by atoms with E-state index >= 15 is 0 Å². The number of nitrogens with zero attached hydrogens (tertiary/aromatic N) is 1. The number of hydrogen-bond acceptors (Lipinski definition) is 5. The second kappa shape index (κ2) is 5.80. The molecule has 1 aromatic carbocycles. The third-order valence-corrected chi connectivity index (χ3v) is 2.05. The number of rotatable bonds is 4. The molecule has 94 valence electrons. The number of nitrogens with two attached hydrogens (primary N) is 2. The zero-order chi connectivity index (χ0) is 12.8. The Balaban J connectivity index is 3.27. The Labute approximate surface area is 99.3 Å². The molecule has 0 spiro atoms. The van der Waals surface area contributed by atoms with Crippen LogP contribution in [-0.2, 0) is 0 Å². The summed E-state index contributed by atoms with van der Waals surface area (Å²) in [5, 5.41) is 0. The van der Waals surface area contributed by atoms with Crippen LogP contribution in [-0.4, -0.2) is 27.3 Å². The molecule has 7 heteroatoms. The fraction of sp³-hybridized carbons (Fsp3) is 0.300. The molecule has 0 amide bonds. The van der Waals surface area contributed by atoms with Gasteiger partial charge in [0.25, 0.3) is 0 Å². The van der Waals surface area contributed by atoms with Crippen molar-refractivity contribution in [1.82, 2.24) is 5.43 Å². The summed E-state index contributed by atoms with van der Waals surface area (Å²) in [6.45, 7) is 0. The van der Waals surface area contributed by atoms with Crippen molar-refractivity contribution >= 4 is 11.6 Å². The molecule has 0 saturated carbocycles. The molecule has 0 atom stereocenters. The summed E-state index contributed by atoms with van der Waals surface area (Å²) < 4.78 is 15.5. The van der Waals surface area contributed by atoms with Gasteiger partial charge in [-0.1, -0.05) is 0 Å². The summed E-state index contributed by atoms with van der Waals surface area (Å²) in [5.41, 5.74) is 8.23. The van der Waals surface area contributed by atoms with Gasteiger partial charge in [-0.2, -0.15) is 0 Å². The van der Waals surface area contributed by atoms with Gasteiger partial charge >= 0.3 is 0 Å². The van der Waals surface area contributed by atoms with Crippen LogP contribution in [0.5, 0.6) is 17.2 Å². The van der Waals surface area contributed by atoms with Crippen LogP contribution in [0.3, 0.4) is 0 Å². The van der Waals surface area contributed by atoms with E-state index in [4.69, 9.17) is 25.8 Å². The number of benzene rings is 1. The minimum atomic E-state index is 0.0827. The van der Waals surface area contributed by atoms with Crippen LogP contribution < -0.4 is 31.2 Å². The van der Waals surface area contributed by atoms with Crippen molar-refractivity contribution < 1.29 is 14.2 Å². The van der Waals surface area contributed by atoms with E-state index in [-0.39, 0.29) is 5.96 Å². The average Bonchev–Trinajstić information content (AvgIpc) is 2.37. The lowest BCUT2D eigenvalue weighted by Crippen LogP contribution is -2.36. The first-order chi connectivity index (χ1) is 8.15. The van der Waals surface area contributed by atoms with Gasteiger partial charge in [-0.25, -0.2) is 10.8 Å². The van der Waals surface area contributed by atoms with Gasteiger partial charge in [-0.15, -0.1) is 0 Å². The lowest BCUT2D eigenvalue weighted by molar-refractivity contribution is 0.324. The molecule has 0 bridgehead atoms. The molecule has 1 aromatic rings. The van der Waals surface area contributed by atoms with Crippen molar-refractivity contribution in [2.24, 2.45) is 16.6 Å². The van der Waals surface area contributed by atoms with Gasteiger partial charge in [0.05, 0.1) is 27.0 Å². The summed E-state index contributed by atoms with van der Waals surface area (Å²) in [7, 11) is 4.57. The van der Waals surface area contributed by atoms with Crippen molar-refractivity contribution in [1.29, 1.82) is 0 Å². The SMILES string of the molecule is COc1cc(N=C(N)NN)cc(OC)c1OC. The molecule has 1 rings (SSSR count). The summed E-state index contributed by atoms with van der Waals surface area (Å²) in [4.78, 5) is 4.01. The number of ether oxygens (including phenoxy) is 3. The maximum atomic E-state index is 5.46. The third-order valence-electron chi connectivity index (χ3n) is 2.05. The third kappa shape index (κ3) is 2.91. The molecular formula is C10H16N4O3. The number of guanidine groups is 1. The van der Waals surface area contributed by atoms with E-state index in [0.29, 0.717) is 22.9 Å². The molecule has 0 saturated heterocycles. The zero-order valence-corrected chi connectivity index (χ0v) is 9.98. The summed E-state index contributed by atoms with van der Waals surface area (Å²) in [6, 6.07) is 3.32. The highest BCUT2D eigenvalue weighted by molar-refractivity contribution is 5.81. The molecule has 0 heterocycles. The van der Waals surface area contributed by atoms with Gasteiger partial charge in [-0.05, 0) is 0 Å². The van der Waals surface area contributed by atoms with E-state index in [1.54, 1.807) is 12.1 Å². The molecule has 5 N–H and O–H groups in total. The maximum Gasteiger partial charge on any atom is 0.208 e. The molecule has 0 fully saturated rings. The Morgan fingerprint density at radius 1 is 1.12 bits per heavy atom. The van der Waals surface area contributed by atoms with Gasteiger partial charge in [0.1, 0.15) is 0 Å². The zero-order valence-electron chi connectivity index (χ0n) is 9.98. The smallest absolute Gasteiger partial charge is 0.208 e. The highest BCUT2D eigenvalue weighted by Crippen LogP contribution is 2.40. The quantitative estimate of drug-likeness (QED) is 0.299. The van der Waals surface area contributed by atoms with Crippen LogP contribution in [0, 0.1) is 0 Å². The lowest BCUT2D eigenvalue weighted by atomic mass is 10.2. The van der Waals surface area contributed by atoms with Crippen molar-refractivity contribution in [3.05, 3.63) is 12.1 Å². The average molecular weight is 240 g/mol. The number of hydrazine groups is 1. The van der Waals surface area contributed by atoms with E-state index in [1.165, 1.54) is 21.3 Å². The normalized spacial score (nSPS) is 10.9. The molecule has 7 nitrogen and oxygen atoms in total. The Morgan fingerprint density at radius 3 is 2.00 bits per heavy atom. The second-order valence-corrected chi connectivity index (χ2v) is 3.02. The number of hydrogen-bond donors (Lipinski definition) is 3. The first kappa shape index (κ1) is 12.9. The number of aliphatic imine (C=N–C) groups is 1. The Hall–Kier alpha value is -2.15. The number of methoxy groups -OCH3 is 3. The predicted octanol–water partition coefficient (Wildman–Crippen LogP) is 0.122. The van der Waals surface area contributed by atoms with Crippen LogP contribution in [0.1, 0.15) is 0 Å². The molecule has 0 aliphatic rings. The van der Waals surface area contributed by atoms with Crippen molar-refractivity contribution in [3.8, 4) is 17.2 Å². The van der Waals surface area contributed by atoms with E-state index in [9.17, 15) is 0 Å². The van der Waals surface area contributed by atoms with E-state index in [2.05, 4.69) is 10.4 Å². The van der Waals surface area contributed by atoms with Gasteiger partial charge in [0.2, 0.25) is 11.7 Å². The fourth-order valence-electron chi connectivity index (χ4n) is 1.30. The van der Waals surface area contributed by atoms with Crippen LogP contribution in [0.2, 0.25) is 0 Å². The fourth-order valence-corrected chi connectivity index (χ4v) is 1.30. The van der Waals surface area contributed by atoms with Gasteiger partial charge < -0.3 is 19.9 Å². The molecular weight excluding hydrogens is 224 g/mol. The highest BCUT2D eigenvalue weighted by Gasteiger charge is 2.12. The van der Waals surface area contributed by atoms with Crippen molar-refractivity contribution in [2.75, 3.05) is 21.3 Å². The minimum Gasteiger partial charge on any atom is -0.493 e. The van der Waals surface area contributed by atoms with E-state index < -0.39 is 0 Å². The summed E-state index contributed by atoms with van der Waals surface area (Å²) in [6.07, 6.45) is 0. The van der Waals surface area contributed by atoms with Crippen LogP contribution in [0.4, 0.5) is 5.69 Å². The monoisotopic (exact) mass is 240 g/mol. The van der Waals surface area contributed by atoms with Crippen LogP contribution in [0.25, 0.3) is 0 Å². The van der Waals surface area contributed by atoms with Crippen LogP contribution in [0.15, 0.2) is 17.1 Å². The first-order valence-electron chi connectivity index (χ1n) is 4.77. The molecule has 0 aromatic heterocycles. The summed E-state index contributed by atoms with van der Waals surface area (Å²) in [5.74, 6) is 6.69. The summed E-state index contributed by atoms with van der Waals surface area (Å²) >= 11 is 0. The van der Waals surface area contributed by atoms with Gasteiger partial charge in [-0.3, -0.25) is 5.43 Å². The van der Waals surface area contributed by atoms with Crippen LogP contribution >= 0.6 is 0 Å². The van der Waals surface area contributed by atoms with Crippen molar-refractivity contribution in [2.45, 2.75) is 0 Å². The Kier molecular flexibility index (Phi) is 4.41. The standard InChI is InChI=1S/C10H16N4O3/c1-15-7-4-6(13-10(11)14-12)5-8(16-2)9(7)17-3/h4-5H,12H2,1-3H3,(H3,11,13,14). The second-order valence-electron chi connectivity index (χ2n) is 3.02. The highest BCUT2D eigenvalue weighted by atomic mass is 16.5. The van der Waals surface area contributed by atoms with Gasteiger partial charge in [0.15, 0.2) is 11.5 Å². The minimum absolute atomic E-state index is 0.0827. The lowest BCUT2D eigenvalue weighted by Gasteiger charge is -2.12. The molecule has 17 heavy (non-hydrogen) atoms. The topological polar surface area (TPSA) is 104 Å². The Morgan fingerprint density at radius 2 is 1.65 bits per heavy atom. The first-order valence-corrected chi connectivity index (χ1v) is 4.77. The maximum absolute atomic E-state index is 5.46. The van der Waals surface area contributed by atoms with E-state index in [1.807, 2.05) is 0 Å². The molecule has 0 aliphatic heterocycles. The molecule has 0 aliphatic carbocycles. The number of nitrogens with one attached hydrogen (secondary N) is 1. The van der Waals surface area contributed by atoms with Gasteiger partial charge in [0, 0.05) is 12.1 Å². The van der Waals surface area contributed by atoms with Crippen molar-refractivity contribution in [3.63, 3.8) is 0 Å².